The molecule has 5 nitrogen and oxygen atoms in total. The fourth-order valence-electron chi connectivity index (χ4n) is 3.55. The van der Waals surface area contributed by atoms with Crippen molar-refractivity contribution in [2.75, 3.05) is 18.1 Å². The summed E-state index contributed by atoms with van der Waals surface area (Å²) in [6.07, 6.45) is 1.84. The van der Waals surface area contributed by atoms with Gasteiger partial charge in [0.05, 0.1) is 17.1 Å². The van der Waals surface area contributed by atoms with Crippen molar-refractivity contribution < 1.29 is 18.7 Å². The maximum absolute atomic E-state index is 13.4. The number of halogens is 1. The molecule has 33 heavy (non-hydrogen) atoms. The number of thioether (sulfide) groups is 1. The van der Waals surface area contributed by atoms with Gasteiger partial charge in [-0.1, -0.05) is 35.9 Å². The summed E-state index contributed by atoms with van der Waals surface area (Å²) in [5.41, 5.74) is 3.57. The van der Waals surface area contributed by atoms with Crippen LogP contribution in [0.5, 0.6) is 11.5 Å². The molecular weight excluding hydrogens is 439 g/mol. The molecule has 0 radical (unpaired) electrons. The lowest BCUT2D eigenvalue weighted by Crippen LogP contribution is -2.28. The van der Waals surface area contributed by atoms with Gasteiger partial charge in [-0.2, -0.15) is 0 Å². The molecule has 3 aromatic rings. The van der Waals surface area contributed by atoms with Crippen molar-refractivity contribution in [2.24, 2.45) is 4.99 Å². The van der Waals surface area contributed by atoms with E-state index in [-0.39, 0.29) is 11.7 Å². The number of benzene rings is 3. The lowest BCUT2D eigenvalue weighted by Gasteiger charge is -2.18. The molecule has 166 valence electrons. The quantitative estimate of drug-likeness (QED) is 0.477. The molecule has 0 atom stereocenters. The Labute approximate surface area is 195 Å². The van der Waals surface area contributed by atoms with E-state index in [1.165, 1.54) is 23.9 Å². The number of nitrogens with zero attached hydrogens (tertiary/aromatic N) is 2. The number of amides is 1. The monoisotopic (exact) mass is 460 g/mol. The summed E-state index contributed by atoms with van der Waals surface area (Å²) in [7, 11) is 0. The van der Waals surface area contributed by atoms with Crippen LogP contribution >= 0.6 is 11.8 Å². The lowest BCUT2D eigenvalue weighted by atomic mass is 10.1. The van der Waals surface area contributed by atoms with E-state index in [9.17, 15) is 9.18 Å². The number of amidine groups is 1. The number of ether oxygens (including phenoxy) is 2. The van der Waals surface area contributed by atoms with Crippen molar-refractivity contribution in [3.63, 3.8) is 0 Å². The maximum Gasteiger partial charge on any atom is 0.271 e. The third kappa shape index (κ3) is 4.64. The van der Waals surface area contributed by atoms with Gasteiger partial charge >= 0.3 is 0 Å². The van der Waals surface area contributed by atoms with E-state index < -0.39 is 0 Å². The normalized spacial score (nSPS) is 17.8. The minimum absolute atomic E-state index is 0.142. The average Bonchev–Trinajstić information content (AvgIpc) is 3.14. The minimum atomic E-state index is -0.289. The molecule has 0 unspecified atom stereocenters. The molecule has 0 N–H and O–H groups in total. The second kappa shape index (κ2) is 9.11. The van der Waals surface area contributed by atoms with Crippen molar-refractivity contribution in [3.05, 3.63) is 94.1 Å². The second-order valence-electron chi connectivity index (χ2n) is 7.72. The molecule has 0 aliphatic carbocycles. The minimum Gasteiger partial charge on any atom is -0.486 e. The van der Waals surface area contributed by atoms with Gasteiger partial charge in [0.2, 0.25) is 0 Å². The maximum atomic E-state index is 13.4. The van der Waals surface area contributed by atoms with Crippen molar-refractivity contribution in [3.8, 4) is 11.5 Å². The Morgan fingerprint density at radius 3 is 2.48 bits per heavy atom. The first kappa shape index (κ1) is 21.3. The molecule has 3 aromatic carbocycles. The van der Waals surface area contributed by atoms with Gasteiger partial charge in [-0.25, -0.2) is 4.39 Å². The molecule has 2 aliphatic rings. The first-order valence-electron chi connectivity index (χ1n) is 10.6. The number of hydrogen-bond acceptors (Lipinski definition) is 5. The van der Waals surface area contributed by atoms with Gasteiger partial charge < -0.3 is 9.47 Å². The standard InChI is InChI=1S/C26H21FN2O3S/c1-17-2-9-21(10-3-17)29-25(30)24(15-19-6-11-22-23(14-19)32-13-12-31-22)33-26(29)28-16-18-4-7-20(27)8-5-18/h2-11,14-15H,12-13,16H2,1H3/b24-15-,28-26-. The van der Waals surface area contributed by atoms with Crippen LogP contribution in [-0.2, 0) is 11.3 Å². The molecule has 0 saturated carbocycles. The highest BCUT2D eigenvalue weighted by Gasteiger charge is 2.34. The summed E-state index contributed by atoms with van der Waals surface area (Å²) in [6.45, 7) is 3.37. The van der Waals surface area contributed by atoms with Crippen LogP contribution in [0.15, 0.2) is 76.6 Å². The number of carbonyl (C=O) groups is 1. The molecule has 0 spiro atoms. The molecule has 7 heteroatoms. The van der Waals surface area contributed by atoms with Crippen molar-refractivity contribution >= 4 is 34.6 Å². The fraction of sp³-hybridized carbons (Fsp3) is 0.154. The number of carbonyl (C=O) groups excluding carboxylic acids is 1. The SMILES string of the molecule is Cc1ccc(N2C(=O)/C(=C/c3ccc4c(c3)OCCO4)S/C2=N\Cc2ccc(F)cc2)cc1. The first-order valence-corrected chi connectivity index (χ1v) is 11.4. The zero-order chi connectivity index (χ0) is 22.8. The second-order valence-corrected chi connectivity index (χ2v) is 8.72. The van der Waals surface area contributed by atoms with Crippen LogP contribution in [-0.4, -0.2) is 24.3 Å². The molecule has 0 bridgehead atoms. The topological polar surface area (TPSA) is 51.1 Å². The van der Waals surface area contributed by atoms with Crippen LogP contribution in [0.2, 0.25) is 0 Å². The smallest absolute Gasteiger partial charge is 0.271 e. The van der Waals surface area contributed by atoms with Crippen LogP contribution in [0.4, 0.5) is 10.1 Å². The largest absolute Gasteiger partial charge is 0.486 e. The van der Waals surface area contributed by atoms with Gasteiger partial charge in [0.25, 0.3) is 5.91 Å². The molecule has 2 heterocycles. The number of aryl methyl sites for hydroxylation is 1. The Balaban J connectivity index is 1.48. The van der Waals surface area contributed by atoms with E-state index in [0.717, 1.165) is 22.4 Å². The van der Waals surface area contributed by atoms with Gasteiger partial charge in [-0.15, -0.1) is 0 Å². The van der Waals surface area contributed by atoms with Gasteiger partial charge in [-0.3, -0.25) is 14.7 Å². The van der Waals surface area contributed by atoms with Crippen molar-refractivity contribution in [1.82, 2.24) is 0 Å². The fourth-order valence-corrected chi connectivity index (χ4v) is 4.53. The first-order chi connectivity index (χ1) is 16.1. The number of fused-ring (bicyclic) bond motifs is 1. The summed E-state index contributed by atoms with van der Waals surface area (Å²) in [6, 6.07) is 19.6. The molecule has 0 aromatic heterocycles. The summed E-state index contributed by atoms with van der Waals surface area (Å²) >= 11 is 1.32. The zero-order valence-corrected chi connectivity index (χ0v) is 18.8. The lowest BCUT2D eigenvalue weighted by molar-refractivity contribution is -0.113. The van der Waals surface area contributed by atoms with Gasteiger partial charge in [0.15, 0.2) is 16.7 Å². The third-order valence-corrected chi connectivity index (χ3v) is 6.28. The van der Waals surface area contributed by atoms with E-state index in [1.807, 2.05) is 55.5 Å². The number of anilines is 1. The predicted octanol–water partition coefficient (Wildman–Crippen LogP) is 5.58. The predicted molar refractivity (Wildman–Crippen MR) is 129 cm³/mol. The van der Waals surface area contributed by atoms with Crippen LogP contribution in [0.1, 0.15) is 16.7 Å². The Morgan fingerprint density at radius 2 is 1.73 bits per heavy atom. The van der Waals surface area contributed by atoms with E-state index >= 15 is 0 Å². The van der Waals surface area contributed by atoms with Crippen LogP contribution in [0.3, 0.4) is 0 Å². The Kier molecular flexibility index (Phi) is 5.88. The number of rotatable bonds is 4. The number of hydrogen-bond donors (Lipinski definition) is 0. The molecular formula is C26H21FN2O3S. The summed E-state index contributed by atoms with van der Waals surface area (Å²) < 4.78 is 24.5. The molecule has 1 saturated heterocycles. The Hall–Kier alpha value is -3.58. The molecule has 2 aliphatic heterocycles. The molecule has 1 fully saturated rings. The van der Waals surface area contributed by atoms with Crippen LogP contribution in [0, 0.1) is 12.7 Å². The Bertz CT molecular complexity index is 1250. The summed E-state index contributed by atoms with van der Waals surface area (Å²) in [5.74, 6) is 0.947. The molecule has 5 rings (SSSR count). The van der Waals surface area contributed by atoms with Crippen molar-refractivity contribution in [1.29, 1.82) is 0 Å². The molecule has 1 amide bonds. The number of aliphatic imine (C=N–C) groups is 1. The Morgan fingerprint density at radius 1 is 1.00 bits per heavy atom. The van der Waals surface area contributed by atoms with E-state index in [0.29, 0.717) is 41.3 Å². The van der Waals surface area contributed by atoms with Crippen LogP contribution in [0.25, 0.3) is 6.08 Å². The summed E-state index contributed by atoms with van der Waals surface area (Å²) in [5, 5.41) is 0.581. The van der Waals surface area contributed by atoms with E-state index in [1.54, 1.807) is 17.0 Å². The van der Waals surface area contributed by atoms with E-state index in [4.69, 9.17) is 14.5 Å². The van der Waals surface area contributed by atoms with Gasteiger partial charge in [0.1, 0.15) is 19.0 Å². The van der Waals surface area contributed by atoms with Gasteiger partial charge in [-0.05, 0) is 72.3 Å². The highest BCUT2D eigenvalue weighted by molar-refractivity contribution is 8.19. The van der Waals surface area contributed by atoms with Crippen LogP contribution < -0.4 is 14.4 Å². The average molecular weight is 461 g/mol. The summed E-state index contributed by atoms with van der Waals surface area (Å²) in [4.78, 5) is 20.3. The zero-order valence-electron chi connectivity index (χ0n) is 18.0. The highest BCUT2D eigenvalue weighted by Crippen LogP contribution is 2.38. The van der Waals surface area contributed by atoms with Crippen molar-refractivity contribution in [2.45, 2.75) is 13.5 Å². The third-order valence-electron chi connectivity index (χ3n) is 5.27. The van der Waals surface area contributed by atoms with Gasteiger partial charge in [0, 0.05) is 0 Å². The highest BCUT2D eigenvalue weighted by atomic mass is 32.2. The van der Waals surface area contributed by atoms with E-state index in [2.05, 4.69) is 0 Å².